The second kappa shape index (κ2) is 3.33. The van der Waals surface area contributed by atoms with Crippen molar-refractivity contribution in [2.24, 2.45) is 5.11 Å². The Hall–Kier alpha value is -0.860. The number of nitrogens with one attached hydrogen (secondary N) is 2. The minimum absolute atomic E-state index is 0.898. The summed E-state index contributed by atoms with van der Waals surface area (Å²) in [5.41, 5.74) is 7.24. The zero-order chi connectivity index (χ0) is 5.70. The molecule has 0 aliphatic heterocycles. The van der Waals surface area contributed by atoms with E-state index in [1.165, 1.54) is 6.20 Å². The smallest absolute Gasteiger partial charge is 0.0675 e. The standard InChI is InChI=1S/C4H9N3/c1-4(6-2)3-7-5/h3,5-6H,1-2H3/b4-3-,7-5?. The van der Waals surface area contributed by atoms with E-state index >= 15 is 0 Å². The molecule has 40 valence electrons. The summed E-state index contributed by atoms with van der Waals surface area (Å²) in [7, 11) is 1.79. The lowest BCUT2D eigenvalue weighted by Crippen LogP contribution is -1.99. The minimum atomic E-state index is 0.898. The molecule has 0 aliphatic carbocycles. The summed E-state index contributed by atoms with van der Waals surface area (Å²) in [4.78, 5) is 0. The molecule has 7 heavy (non-hydrogen) atoms. The largest absolute Gasteiger partial charge is 0.390 e. The van der Waals surface area contributed by atoms with Crippen LogP contribution in [0.3, 0.4) is 0 Å². The molecule has 0 radical (unpaired) electrons. The zero-order valence-corrected chi connectivity index (χ0v) is 4.52. The van der Waals surface area contributed by atoms with E-state index in [1.807, 2.05) is 6.92 Å². The van der Waals surface area contributed by atoms with E-state index in [1.54, 1.807) is 7.05 Å². The fraction of sp³-hybridized carbons (Fsp3) is 0.500. The van der Waals surface area contributed by atoms with Gasteiger partial charge in [-0.05, 0) is 6.92 Å². The monoisotopic (exact) mass is 99.1 g/mol. The molecule has 3 nitrogen and oxygen atoms in total. The van der Waals surface area contributed by atoms with Crippen molar-refractivity contribution in [3.8, 4) is 0 Å². The van der Waals surface area contributed by atoms with Crippen molar-refractivity contribution in [3.05, 3.63) is 11.9 Å². The molecule has 0 amide bonds. The van der Waals surface area contributed by atoms with Crippen LogP contribution in [0.15, 0.2) is 17.0 Å². The van der Waals surface area contributed by atoms with E-state index in [2.05, 4.69) is 10.4 Å². The molecule has 0 aromatic heterocycles. The van der Waals surface area contributed by atoms with Gasteiger partial charge in [-0.25, -0.2) is 5.53 Å². The van der Waals surface area contributed by atoms with E-state index in [4.69, 9.17) is 5.53 Å². The topological polar surface area (TPSA) is 48.2 Å². The molecular formula is C4H9N3. The Bertz CT molecular complexity index is 84.9. The molecular weight excluding hydrogens is 90.1 g/mol. The van der Waals surface area contributed by atoms with Gasteiger partial charge in [-0.3, -0.25) is 0 Å². The van der Waals surface area contributed by atoms with Crippen LogP contribution in [0.1, 0.15) is 6.92 Å². The highest BCUT2D eigenvalue weighted by molar-refractivity contribution is 4.90. The van der Waals surface area contributed by atoms with E-state index in [9.17, 15) is 0 Å². The second-order valence-electron chi connectivity index (χ2n) is 1.19. The summed E-state index contributed by atoms with van der Waals surface area (Å²) in [6, 6.07) is 0. The van der Waals surface area contributed by atoms with Crippen molar-refractivity contribution in [2.75, 3.05) is 7.05 Å². The number of hydrogen-bond acceptors (Lipinski definition) is 3. The van der Waals surface area contributed by atoms with Crippen molar-refractivity contribution in [3.63, 3.8) is 0 Å². The van der Waals surface area contributed by atoms with Crippen molar-refractivity contribution in [1.82, 2.24) is 5.32 Å². The maximum atomic E-state index is 6.34. The van der Waals surface area contributed by atoms with Gasteiger partial charge in [-0.2, -0.15) is 5.11 Å². The highest BCUT2D eigenvalue weighted by Crippen LogP contribution is 1.81. The average molecular weight is 99.1 g/mol. The molecule has 0 atom stereocenters. The molecule has 0 unspecified atom stereocenters. The lowest BCUT2D eigenvalue weighted by Gasteiger charge is -1.90. The molecule has 0 heterocycles. The van der Waals surface area contributed by atoms with Crippen LogP contribution < -0.4 is 5.32 Å². The van der Waals surface area contributed by atoms with Crippen LogP contribution in [0, 0.1) is 5.53 Å². The Morgan fingerprint density at radius 3 is 2.57 bits per heavy atom. The van der Waals surface area contributed by atoms with E-state index in [0.29, 0.717) is 0 Å². The lowest BCUT2D eigenvalue weighted by atomic mass is 10.5. The first-order chi connectivity index (χ1) is 3.31. The Morgan fingerprint density at radius 1 is 1.86 bits per heavy atom. The van der Waals surface area contributed by atoms with Crippen molar-refractivity contribution in [2.45, 2.75) is 6.92 Å². The van der Waals surface area contributed by atoms with Gasteiger partial charge in [0.2, 0.25) is 0 Å². The molecule has 2 N–H and O–H groups in total. The van der Waals surface area contributed by atoms with E-state index in [-0.39, 0.29) is 0 Å². The molecule has 3 heteroatoms. The minimum Gasteiger partial charge on any atom is -0.390 e. The number of nitrogens with zero attached hydrogens (tertiary/aromatic N) is 1. The maximum Gasteiger partial charge on any atom is 0.0675 e. The first-order valence-electron chi connectivity index (χ1n) is 2.02. The van der Waals surface area contributed by atoms with Crippen LogP contribution >= 0.6 is 0 Å². The Kier molecular flexibility index (Phi) is 2.92. The van der Waals surface area contributed by atoms with Crippen molar-refractivity contribution in [1.29, 1.82) is 5.53 Å². The first kappa shape index (κ1) is 6.14. The summed E-state index contributed by atoms with van der Waals surface area (Å²) in [6.45, 7) is 1.85. The highest BCUT2D eigenvalue weighted by Gasteiger charge is 1.73. The third-order valence-corrected chi connectivity index (χ3v) is 0.653. The fourth-order valence-corrected chi connectivity index (χ4v) is 0.161. The summed E-state index contributed by atoms with van der Waals surface area (Å²) >= 11 is 0. The maximum absolute atomic E-state index is 6.34. The average Bonchev–Trinajstić information content (AvgIpc) is 1.68. The third kappa shape index (κ3) is 2.96. The molecule has 0 rings (SSSR count). The molecule has 0 aromatic carbocycles. The van der Waals surface area contributed by atoms with Crippen LogP contribution in [0.2, 0.25) is 0 Å². The summed E-state index contributed by atoms with van der Waals surface area (Å²) in [5, 5.41) is 5.85. The van der Waals surface area contributed by atoms with Gasteiger partial charge >= 0.3 is 0 Å². The zero-order valence-electron chi connectivity index (χ0n) is 4.52. The van der Waals surface area contributed by atoms with E-state index in [0.717, 1.165) is 5.70 Å². The van der Waals surface area contributed by atoms with Crippen molar-refractivity contribution < 1.29 is 0 Å². The van der Waals surface area contributed by atoms with Crippen LogP contribution in [0.25, 0.3) is 0 Å². The summed E-state index contributed by atoms with van der Waals surface area (Å²) < 4.78 is 0. The SMILES string of the molecule is CN/C(C)=C\N=N. The van der Waals surface area contributed by atoms with Crippen LogP contribution in [0.5, 0.6) is 0 Å². The van der Waals surface area contributed by atoms with Gasteiger partial charge < -0.3 is 5.32 Å². The van der Waals surface area contributed by atoms with Gasteiger partial charge in [-0.15, -0.1) is 0 Å². The van der Waals surface area contributed by atoms with Gasteiger partial charge in [-0.1, -0.05) is 0 Å². The van der Waals surface area contributed by atoms with E-state index < -0.39 is 0 Å². The second-order valence-corrected chi connectivity index (χ2v) is 1.19. The normalized spacial score (nSPS) is 10.9. The molecule has 0 aromatic rings. The Balaban J connectivity index is 3.49. The molecule has 0 fully saturated rings. The highest BCUT2D eigenvalue weighted by atomic mass is 15.0. The third-order valence-electron chi connectivity index (χ3n) is 0.653. The molecule has 0 saturated carbocycles. The summed E-state index contributed by atoms with van der Waals surface area (Å²) in [6.07, 6.45) is 1.44. The number of rotatable bonds is 2. The fourth-order valence-electron chi connectivity index (χ4n) is 0.161. The van der Waals surface area contributed by atoms with Gasteiger partial charge in [0.05, 0.1) is 6.20 Å². The lowest BCUT2D eigenvalue weighted by molar-refractivity contribution is 0.963. The molecule has 0 aliphatic rings. The predicted octanol–water partition coefficient (Wildman–Crippen LogP) is 1.10. The van der Waals surface area contributed by atoms with Gasteiger partial charge in [0.1, 0.15) is 0 Å². The van der Waals surface area contributed by atoms with Gasteiger partial charge in [0.25, 0.3) is 0 Å². The van der Waals surface area contributed by atoms with Crippen LogP contribution in [-0.4, -0.2) is 7.05 Å². The Labute approximate surface area is 42.9 Å². The van der Waals surface area contributed by atoms with Crippen molar-refractivity contribution >= 4 is 0 Å². The molecule has 0 saturated heterocycles. The quantitative estimate of drug-likeness (QED) is 0.500. The number of hydrogen-bond donors (Lipinski definition) is 2. The Morgan fingerprint density at radius 2 is 2.43 bits per heavy atom. The molecule has 0 spiro atoms. The van der Waals surface area contributed by atoms with Gasteiger partial charge in [0.15, 0.2) is 0 Å². The summed E-state index contributed by atoms with van der Waals surface area (Å²) in [5.74, 6) is 0. The van der Waals surface area contributed by atoms with Crippen LogP contribution in [0.4, 0.5) is 0 Å². The van der Waals surface area contributed by atoms with Crippen LogP contribution in [-0.2, 0) is 0 Å². The predicted molar refractivity (Wildman–Crippen MR) is 28.0 cm³/mol. The first-order valence-corrected chi connectivity index (χ1v) is 2.02. The van der Waals surface area contributed by atoms with Gasteiger partial charge in [0, 0.05) is 12.7 Å². The number of allylic oxidation sites excluding steroid dienone is 1. The molecule has 0 bridgehead atoms.